The van der Waals surface area contributed by atoms with Gasteiger partial charge in [-0.3, -0.25) is 0 Å². The Morgan fingerprint density at radius 3 is 2.82 bits per heavy atom. The molecule has 0 aliphatic carbocycles. The molecule has 1 aromatic heterocycles. The number of nitrogens with two attached hydrogens (primary N) is 1. The molecule has 2 aromatic rings. The van der Waals surface area contributed by atoms with Gasteiger partial charge in [-0.1, -0.05) is 6.07 Å². The van der Waals surface area contributed by atoms with Crippen LogP contribution in [0.1, 0.15) is 17.4 Å². The van der Waals surface area contributed by atoms with E-state index in [1.807, 2.05) is 6.07 Å². The fourth-order valence-electron chi connectivity index (χ4n) is 1.68. The molecule has 1 unspecified atom stereocenters. The van der Waals surface area contributed by atoms with Crippen LogP contribution in [0.25, 0.3) is 0 Å². The van der Waals surface area contributed by atoms with Gasteiger partial charge in [0, 0.05) is 12.5 Å². The maximum atomic E-state index is 13.5. The van der Waals surface area contributed by atoms with Crippen LogP contribution < -0.4 is 10.5 Å². The van der Waals surface area contributed by atoms with Gasteiger partial charge in [-0.15, -0.1) is 0 Å². The standard InChI is InChI=1S/C13H14FNO2/c1-16-13-5-4-9(7-11(13)14)12(15)8-10-3-2-6-17-10/h2-7,12H,8,15H2,1H3. The molecule has 17 heavy (non-hydrogen) atoms. The molecule has 3 nitrogen and oxygen atoms in total. The summed E-state index contributed by atoms with van der Waals surface area (Å²) in [4.78, 5) is 0. The van der Waals surface area contributed by atoms with Crippen LogP contribution >= 0.6 is 0 Å². The summed E-state index contributed by atoms with van der Waals surface area (Å²) in [6.07, 6.45) is 2.13. The molecule has 1 heterocycles. The number of furan rings is 1. The zero-order chi connectivity index (χ0) is 12.3. The predicted molar refractivity (Wildman–Crippen MR) is 62.3 cm³/mol. The maximum Gasteiger partial charge on any atom is 0.165 e. The third kappa shape index (κ3) is 2.65. The molecule has 0 amide bonds. The number of halogens is 1. The molecule has 4 heteroatoms. The normalized spacial score (nSPS) is 12.4. The van der Waals surface area contributed by atoms with E-state index >= 15 is 0 Å². The van der Waals surface area contributed by atoms with E-state index in [0.717, 1.165) is 11.3 Å². The summed E-state index contributed by atoms with van der Waals surface area (Å²) in [6.45, 7) is 0. The minimum atomic E-state index is -0.403. The largest absolute Gasteiger partial charge is 0.494 e. The SMILES string of the molecule is COc1ccc(C(N)Cc2ccco2)cc1F. The van der Waals surface area contributed by atoms with Crippen molar-refractivity contribution in [3.05, 3.63) is 53.7 Å². The zero-order valence-electron chi connectivity index (χ0n) is 9.52. The lowest BCUT2D eigenvalue weighted by atomic mass is 10.0. The number of rotatable bonds is 4. The van der Waals surface area contributed by atoms with Crippen molar-refractivity contribution in [3.63, 3.8) is 0 Å². The molecular weight excluding hydrogens is 221 g/mol. The van der Waals surface area contributed by atoms with Crippen LogP contribution in [0, 0.1) is 5.82 Å². The van der Waals surface area contributed by atoms with Gasteiger partial charge in [0.1, 0.15) is 5.76 Å². The molecule has 0 aliphatic rings. The topological polar surface area (TPSA) is 48.4 Å². The molecule has 0 saturated heterocycles. The van der Waals surface area contributed by atoms with E-state index in [1.54, 1.807) is 24.5 Å². The van der Waals surface area contributed by atoms with Crippen LogP contribution in [-0.4, -0.2) is 7.11 Å². The number of benzene rings is 1. The van der Waals surface area contributed by atoms with Crippen LogP contribution in [0.2, 0.25) is 0 Å². The minimum absolute atomic E-state index is 0.221. The van der Waals surface area contributed by atoms with Crippen LogP contribution in [0.5, 0.6) is 5.75 Å². The summed E-state index contributed by atoms with van der Waals surface area (Å²) in [5, 5.41) is 0. The second kappa shape index (κ2) is 5.01. The van der Waals surface area contributed by atoms with E-state index in [0.29, 0.717) is 6.42 Å². The highest BCUT2D eigenvalue weighted by Crippen LogP contribution is 2.22. The monoisotopic (exact) mass is 235 g/mol. The summed E-state index contributed by atoms with van der Waals surface area (Å²) in [6, 6.07) is 8.09. The van der Waals surface area contributed by atoms with Crippen molar-refractivity contribution in [3.8, 4) is 5.75 Å². The van der Waals surface area contributed by atoms with Crippen LogP contribution in [0.15, 0.2) is 41.0 Å². The Labute approximate surface area is 99.0 Å². The van der Waals surface area contributed by atoms with Gasteiger partial charge < -0.3 is 14.9 Å². The average Bonchev–Trinajstić information content (AvgIpc) is 2.81. The van der Waals surface area contributed by atoms with Crippen LogP contribution in [0.3, 0.4) is 0 Å². The first-order valence-electron chi connectivity index (χ1n) is 5.32. The Hall–Kier alpha value is -1.81. The molecule has 0 bridgehead atoms. The molecule has 0 fully saturated rings. The first kappa shape index (κ1) is 11.7. The highest BCUT2D eigenvalue weighted by molar-refractivity contribution is 5.31. The lowest BCUT2D eigenvalue weighted by Gasteiger charge is -2.11. The first-order chi connectivity index (χ1) is 8.20. The molecule has 2 rings (SSSR count). The van der Waals surface area contributed by atoms with Crippen molar-refractivity contribution < 1.29 is 13.5 Å². The van der Waals surface area contributed by atoms with Crippen molar-refractivity contribution in [1.82, 2.24) is 0 Å². The van der Waals surface area contributed by atoms with E-state index in [4.69, 9.17) is 14.9 Å². The fourth-order valence-corrected chi connectivity index (χ4v) is 1.68. The Morgan fingerprint density at radius 2 is 2.24 bits per heavy atom. The highest BCUT2D eigenvalue weighted by atomic mass is 19.1. The van der Waals surface area contributed by atoms with E-state index in [9.17, 15) is 4.39 Å². The second-order valence-corrected chi connectivity index (χ2v) is 3.78. The molecule has 0 radical (unpaired) electrons. The Kier molecular flexibility index (Phi) is 3.44. The Morgan fingerprint density at radius 1 is 1.41 bits per heavy atom. The van der Waals surface area contributed by atoms with Crippen molar-refractivity contribution in [1.29, 1.82) is 0 Å². The van der Waals surface area contributed by atoms with E-state index in [1.165, 1.54) is 13.2 Å². The quantitative estimate of drug-likeness (QED) is 0.886. The predicted octanol–water partition coefficient (Wildman–Crippen LogP) is 2.67. The van der Waals surface area contributed by atoms with Gasteiger partial charge in [-0.25, -0.2) is 4.39 Å². The molecule has 0 saturated carbocycles. The smallest absolute Gasteiger partial charge is 0.165 e. The average molecular weight is 235 g/mol. The maximum absolute atomic E-state index is 13.5. The number of methoxy groups -OCH3 is 1. The van der Waals surface area contributed by atoms with Gasteiger partial charge in [-0.05, 0) is 29.8 Å². The number of hydrogen-bond donors (Lipinski definition) is 1. The zero-order valence-corrected chi connectivity index (χ0v) is 9.52. The summed E-state index contributed by atoms with van der Waals surface area (Å²) in [5.41, 5.74) is 6.70. The summed E-state index contributed by atoms with van der Waals surface area (Å²) in [7, 11) is 1.43. The second-order valence-electron chi connectivity index (χ2n) is 3.78. The van der Waals surface area contributed by atoms with Crippen LogP contribution in [-0.2, 0) is 6.42 Å². The summed E-state index contributed by atoms with van der Waals surface area (Å²) < 4.78 is 23.5. The van der Waals surface area contributed by atoms with Gasteiger partial charge in [0.2, 0.25) is 0 Å². The van der Waals surface area contributed by atoms with E-state index < -0.39 is 5.82 Å². The molecule has 0 aliphatic heterocycles. The van der Waals surface area contributed by atoms with Gasteiger partial charge >= 0.3 is 0 Å². The van der Waals surface area contributed by atoms with Gasteiger partial charge in [0.05, 0.1) is 13.4 Å². The molecular formula is C13H14FNO2. The molecule has 1 aromatic carbocycles. The van der Waals surface area contributed by atoms with Crippen molar-refractivity contribution >= 4 is 0 Å². The molecule has 2 N–H and O–H groups in total. The van der Waals surface area contributed by atoms with Gasteiger partial charge in [0.25, 0.3) is 0 Å². The lowest BCUT2D eigenvalue weighted by Crippen LogP contribution is -2.13. The Balaban J connectivity index is 2.14. The summed E-state index contributed by atoms with van der Waals surface area (Å²) >= 11 is 0. The van der Waals surface area contributed by atoms with Crippen molar-refractivity contribution in [2.24, 2.45) is 5.73 Å². The highest BCUT2D eigenvalue weighted by Gasteiger charge is 2.11. The van der Waals surface area contributed by atoms with Crippen LogP contribution in [0.4, 0.5) is 4.39 Å². The third-order valence-corrected chi connectivity index (χ3v) is 2.61. The van der Waals surface area contributed by atoms with Crippen molar-refractivity contribution in [2.75, 3.05) is 7.11 Å². The van der Waals surface area contributed by atoms with E-state index in [2.05, 4.69) is 0 Å². The van der Waals surface area contributed by atoms with Crippen molar-refractivity contribution in [2.45, 2.75) is 12.5 Å². The first-order valence-corrected chi connectivity index (χ1v) is 5.32. The summed E-state index contributed by atoms with van der Waals surface area (Å²) in [5.74, 6) is 0.604. The lowest BCUT2D eigenvalue weighted by molar-refractivity contribution is 0.385. The molecule has 1 atom stereocenters. The molecule has 0 spiro atoms. The number of ether oxygens (including phenoxy) is 1. The minimum Gasteiger partial charge on any atom is -0.494 e. The van der Waals surface area contributed by atoms with Gasteiger partial charge in [-0.2, -0.15) is 0 Å². The van der Waals surface area contributed by atoms with E-state index in [-0.39, 0.29) is 11.8 Å². The Bertz CT molecular complexity index is 482. The fraction of sp³-hybridized carbons (Fsp3) is 0.231. The van der Waals surface area contributed by atoms with Gasteiger partial charge in [0.15, 0.2) is 11.6 Å². The third-order valence-electron chi connectivity index (χ3n) is 2.61. The molecule has 90 valence electrons. The number of hydrogen-bond acceptors (Lipinski definition) is 3.